The third-order valence-corrected chi connectivity index (χ3v) is 7.17. The maximum atomic E-state index is 13.9. The number of nitrogen functional groups attached to an aromatic ring is 1. The Labute approximate surface area is 189 Å². The first-order chi connectivity index (χ1) is 14.4. The Hall–Kier alpha value is -1.80. The van der Waals surface area contributed by atoms with E-state index in [4.69, 9.17) is 28.9 Å². The van der Waals surface area contributed by atoms with Crippen LogP contribution in [-0.4, -0.2) is 27.9 Å². The maximum absolute atomic E-state index is 13.9. The fraction of sp³-hybridized carbons (Fsp3) is 0.333. The van der Waals surface area contributed by atoms with Gasteiger partial charge in [-0.05, 0) is 51.1 Å². The number of rotatable bonds is 5. The van der Waals surface area contributed by atoms with E-state index in [1.54, 1.807) is 6.20 Å². The molecule has 0 spiro atoms. The largest absolute Gasteiger partial charge is 0.383 e. The minimum absolute atomic E-state index is 0.0356. The van der Waals surface area contributed by atoms with Crippen LogP contribution in [0.25, 0.3) is 11.1 Å². The van der Waals surface area contributed by atoms with Gasteiger partial charge in [0.2, 0.25) is 0 Å². The van der Waals surface area contributed by atoms with Crippen molar-refractivity contribution in [2.75, 3.05) is 18.8 Å². The zero-order valence-corrected chi connectivity index (χ0v) is 18.7. The summed E-state index contributed by atoms with van der Waals surface area (Å²) in [6, 6.07) is 5.17. The van der Waals surface area contributed by atoms with Crippen molar-refractivity contribution in [3.8, 4) is 11.1 Å². The Morgan fingerprint density at radius 1 is 1.23 bits per heavy atom. The van der Waals surface area contributed by atoms with Gasteiger partial charge in [0.1, 0.15) is 11.6 Å². The number of nitrogens with zero attached hydrogens (tertiary/aromatic N) is 3. The zero-order valence-electron chi connectivity index (χ0n) is 16.4. The summed E-state index contributed by atoms with van der Waals surface area (Å²) in [6.45, 7) is 3.93. The molecule has 1 aliphatic rings. The molecule has 0 aliphatic carbocycles. The minimum Gasteiger partial charge on any atom is -0.383 e. The molecule has 0 amide bonds. The van der Waals surface area contributed by atoms with Gasteiger partial charge in [-0.25, -0.2) is 9.37 Å². The number of hydrogen-bond donors (Lipinski definition) is 2. The first-order valence-electron chi connectivity index (χ1n) is 9.75. The average Bonchev–Trinajstić information content (AvgIpc) is 3.24. The van der Waals surface area contributed by atoms with Gasteiger partial charge >= 0.3 is 0 Å². The van der Waals surface area contributed by atoms with Gasteiger partial charge in [-0.2, -0.15) is 5.10 Å². The highest BCUT2D eigenvalue weighted by Gasteiger charge is 2.20. The number of nitrogens with two attached hydrogens (primary N) is 1. The van der Waals surface area contributed by atoms with Crippen LogP contribution in [-0.2, 0) is 0 Å². The number of anilines is 1. The van der Waals surface area contributed by atoms with Crippen LogP contribution in [0.5, 0.6) is 0 Å². The third-order valence-electron chi connectivity index (χ3n) is 5.29. The van der Waals surface area contributed by atoms with Crippen molar-refractivity contribution in [1.82, 2.24) is 20.1 Å². The predicted octanol–water partition coefficient (Wildman–Crippen LogP) is 5.75. The molecule has 0 radical (unpaired) electrons. The van der Waals surface area contributed by atoms with Crippen LogP contribution in [0, 0.1) is 5.82 Å². The molecule has 3 N–H and O–H groups in total. The van der Waals surface area contributed by atoms with Crippen molar-refractivity contribution in [1.29, 1.82) is 0 Å². The topological polar surface area (TPSA) is 68.8 Å². The van der Waals surface area contributed by atoms with Crippen LogP contribution < -0.4 is 11.1 Å². The zero-order chi connectivity index (χ0) is 21.3. The number of thioether (sulfide) groups is 1. The Morgan fingerprint density at radius 3 is 2.77 bits per heavy atom. The van der Waals surface area contributed by atoms with E-state index in [1.165, 1.54) is 23.9 Å². The number of aromatic nitrogens is 3. The van der Waals surface area contributed by atoms with E-state index < -0.39 is 5.82 Å². The lowest BCUT2D eigenvalue weighted by Gasteiger charge is -2.22. The molecule has 2 aromatic heterocycles. The van der Waals surface area contributed by atoms with Gasteiger partial charge in [-0.15, -0.1) is 11.8 Å². The highest BCUT2D eigenvalue weighted by Crippen LogP contribution is 2.44. The normalized spacial score (nSPS) is 16.0. The molecule has 0 saturated carbocycles. The standard InChI is InChI=1S/C21H22Cl2FN5S/c1-12(19-16(22)2-3-17(24)20(19)23)30-18-8-13(9-27-21(18)25)14-10-28-29(11-14)15-4-6-26-7-5-15/h2-3,8-12,15,26H,4-7H2,1H3,(H2,25,27)/t12-/m0/s1. The Bertz CT molecular complexity index is 1050. The third kappa shape index (κ3) is 4.44. The number of halogens is 3. The molecular formula is C21H22Cl2FN5S. The van der Waals surface area contributed by atoms with Crippen LogP contribution in [0.1, 0.15) is 36.6 Å². The predicted molar refractivity (Wildman–Crippen MR) is 122 cm³/mol. The molecule has 9 heteroatoms. The smallest absolute Gasteiger partial charge is 0.142 e. The molecule has 3 aromatic rings. The summed E-state index contributed by atoms with van der Waals surface area (Å²) in [6.07, 6.45) is 7.79. The first kappa shape index (κ1) is 21.4. The lowest BCUT2D eigenvalue weighted by atomic mass is 10.1. The van der Waals surface area contributed by atoms with Crippen molar-refractivity contribution in [2.24, 2.45) is 0 Å². The van der Waals surface area contributed by atoms with E-state index in [1.807, 2.05) is 23.9 Å². The van der Waals surface area contributed by atoms with Crippen LogP contribution in [0.4, 0.5) is 10.2 Å². The van der Waals surface area contributed by atoms with Crippen LogP contribution in [0.3, 0.4) is 0 Å². The summed E-state index contributed by atoms with van der Waals surface area (Å²) in [7, 11) is 0. The maximum Gasteiger partial charge on any atom is 0.142 e. The van der Waals surface area contributed by atoms with Gasteiger partial charge in [0, 0.05) is 39.4 Å². The number of hydrogen-bond acceptors (Lipinski definition) is 5. The lowest BCUT2D eigenvalue weighted by Crippen LogP contribution is -2.29. The second-order valence-electron chi connectivity index (χ2n) is 7.31. The van der Waals surface area contributed by atoms with E-state index in [9.17, 15) is 4.39 Å². The SMILES string of the molecule is C[C@H](Sc1cc(-c2cnn(C3CCNCC3)c2)cnc1N)c1c(Cl)ccc(F)c1Cl. The van der Waals surface area contributed by atoms with Crippen molar-refractivity contribution < 1.29 is 4.39 Å². The summed E-state index contributed by atoms with van der Waals surface area (Å²) < 4.78 is 16.0. The lowest BCUT2D eigenvalue weighted by molar-refractivity contribution is 0.343. The number of piperidine rings is 1. The molecule has 30 heavy (non-hydrogen) atoms. The Kier molecular flexibility index (Phi) is 6.53. The quantitative estimate of drug-likeness (QED) is 0.370. The summed E-state index contributed by atoms with van der Waals surface area (Å²) in [5, 5.41) is 8.17. The number of pyridine rings is 1. The highest BCUT2D eigenvalue weighted by atomic mass is 35.5. The first-order valence-corrected chi connectivity index (χ1v) is 11.4. The molecule has 158 valence electrons. The van der Waals surface area contributed by atoms with Gasteiger partial charge in [-0.3, -0.25) is 4.68 Å². The van der Waals surface area contributed by atoms with Gasteiger partial charge in [0.25, 0.3) is 0 Å². The van der Waals surface area contributed by atoms with E-state index in [0.717, 1.165) is 42.0 Å². The molecule has 1 atom stereocenters. The van der Waals surface area contributed by atoms with E-state index >= 15 is 0 Å². The minimum atomic E-state index is -0.492. The summed E-state index contributed by atoms with van der Waals surface area (Å²) in [5.74, 6) is -0.0846. The molecule has 1 aromatic carbocycles. The highest BCUT2D eigenvalue weighted by molar-refractivity contribution is 7.99. The van der Waals surface area contributed by atoms with Gasteiger partial charge in [-0.1, -0.05) is 23.2 Å². The molecule has 3 heterocycles. The van der Waals surface area contributed by atoms with E-state index in [2.05, 4.69) is 21.6 Å². The summed E-state index contributed by atoms with van der Waals surface area (Å²) >= 11 is 13.9. The Morgan fingerprint density at radius 2 is 2.00 bits per heavy atom. The summed E-state index contributed by atoms with van der Waals surface area (Å²) in [5.41, 5.74) is 8.58. The van der Waals surface area contributed by atoms with Crippen molar-refractivity contribution in [3.63, 3.8) is 0 Å². The summed E-state index contributed by atoms with van der Waals surface area (Å²) in [4.78, 5) is 5.14. The van der Waals surface area contributed by atoms with Crippen LogP contribution in [0.15, 0.2) is 41.7 Å². The fourth-order valence-corrected chi connectivity index (χ4v) is 5.57. The second-order valence-corrected chi connectivity index (χ2v) is 9.48. The molecule has 1 fully saturated rings. The monoisotopic (exact) mass is 465 g/mol. The van der Waals surface area contributed by atoms with Crippen LogP contribution >= 0.6 is 35.0 Å². The van der Waals surface area contributed by atoms with Crippen LogP contribution in [0.2, 0.25) is 10.0 Å². The van der Waals surface area contributed by atoms with Crippen molar-refractivity contribution in [2.45, 2.75) is 36.0 Å². The molecule has 0 unspecified atom stereocenters. The van der Waals surface area contributed by atoms with Gasteiger partial charge in [0.05, 0.1) is 22.2 Å². The van der Waals surface area contributed by atoms with E-state index in [-0.39, 0.29) is 10.3 Å². The van der Waals surface area contributed by atoms with Gasteiger partial charge < -0.3 is 11.1 Å². The number of benzene rings is 1. The molecule has 5 nitrogen and oxygen atoms in total. The van der Waals surface area contributed by atoms with E-state index in [0.29, 0.717) is 22.4 Å². The van der Waals surface area contributed by atoms with Gasteiger partial charge in [0.15, 0.2) is 0 Å². The molecule has 1 saturated heterocycles. The molecular weight excluding hydrogens is 444 g/mol. The average molecular weight is 466 g/mol. The van der Waals surface area contributed by atoms with Crippen molar-refractivity contribution in [3.05, 3.63) is 58.2 Å². The second kappa shape index (κ2) is 9.14. The Balaban J connectivity index is 1.58. The number of nitrogens with one attached hydrogen (secondary N) is 1. The molecule has 1 aliphatic heterocycles. The molecule has 4 rings (SSSR count). The van der Waals surface area contributed by atoms with Crippen molar-refractivity contribution >= 4 is 40.8 Å². The molecule has 0 bridgehead atoms. The fourth-order valence-electron chi connectivity index (χ4n) is 3.63.